The quantitative estimate of drug-likeness (QED) is 0.857. The molecule has 2 aromatic rings. The van der Waals surface area contributed by atoms with Gasteiger partial charge in [-0.1, -0.05) is 6.07 Å². The van der Waals surface area contributed by atoms with Gasteiger partial charge >= 0.3 is 6.03 Å². The van der Waals surface area contributed by atoms with Crippen molar-refractivity contribution >= 4 is 6.03 Å². The van der Waals surface area contributed by atoms with Gasteiger partial charge in [-0.15, -0.1) is 0 Å². The first-order chi connectivity index (χ1) is 12.3. The monoisotopic (exact) mass is 342 g/mol. The maximum Gasteiger partial charge on any atom is 0.317 e. The second kappa shape index (κ2) is 7.18. The number of hydrogen-bond donors (Lipinski definition) is 1. The summed E-state index contributed by atoms with van der Waals surface area (Å²) in [6.07, 6.45) is 8.08. The van der Waals surface area contributed by atoms with Gasteiger partial charge in [-0.05, 0) is 30.9 Å². The molecule has 132 valence electrons. The lowest BCUT2D eigenvalue weighted by atomic mass is 10.1. The highest BCUT2D eigenvalue weighted by Crippen LogP contribution is 2.29. The molecule has 2 amide bonds. The number of amides is 2. The minimum absolute atomic E-state index is 0.00903. The van der Waals surface area contributed by atoms with Crippen molar-refractivity contribution in [2.24, 2.45) is 5.92 Å². The van der Waals surface area contributed by atoms with Gasteiger partial charge in [0.05, 0.1) is 6.61 Å². The average Bonchev–Trinajstić information content (AvgIpc) is 3.12. The fourth-order valence-corrected chi connectivity index (χ4v) is 3.05. The Bertz CT molecular complexity index is 692. The smallest absolute Gasteiger partial charge is 0.317 e. The molecule has 2 fully saturated rings. The number of nitrogens with zero attached hydrogens (tertiary/aromatic N) is 5. The zero-order valence-corrected chi connectivity index (χ0v) is 14.0. The third-order valence-corrected chi connectivity index (χ3v) is 4.63. The van der Waals surface area contributed by atoms with E-state index in [1.54, 1.807) is 17.2 Å². The Balaban J connectivity index is 1.32. The van der Waals surface area contributed by atoms with E-state index in [1.807, 2.05) is 17.0 Å². The lowest BCUT2D eigenvalue weighted by molar-refractivity contribution is 0.162. The van der Waals surface area contributed by atoms with Crippen LogP contribution in [0.5, 0.6) is 0 Å². The molecule has 0 spiro atoms. The molecule has 1 unspecified atom stereocenters. The fourth-order valence-electron chi connectivity index (χ4n) is 3.05. The largest absolute Gasteiger partial charge is 0.381 e. The van der Waals surface area contributed by atoms with Crippen molar-refractivity contribution < 1.29 is 9.53 Å². The van der Waals surface area contributed by atoms with Gasteiger partial charge in [0.15, 0.2) is 5.82 Å². The molecule has 2 aromatic heterocycles. The van der Waals surface area contributed by atoms with Crippen LogP contribution in [0.2, 0.25) is 0 Å². The molecule has 4 rings (SSSR count). The Kier molecular flexibility index (Phi) is 4.60. The van der Waals surface area contributed by atoms with Crippen LogP contribution < -0.4 is 5.32 Å². The Labute approximate surface area is 146 Å². The van der Waals surface area contributed by atoms with Crippen molar-refractivity contribution in [1.82, 2.24) is 30.0 Å². The predicted octanol–water partition coefficient (Wildman–Crippen LogP) is 1.37. The molecule has 8 nitrogen and oxygen atoms in total. The molecule has 0 radical (unpaired) electrons. The number of carbonyl (C=O) groups excluding carboxylic acids is 1. The Morgan fingerprint density at radius 3 is 2.92 bits per heavy atom. The van der Waals surface area contributed by atoms with E-state index in [0.717, 1.165) is 44.6 Å². The Hall–Kier alpha value is -2.48. The Morgan fingerprint density at radius 1 is 1.36 bits per heavy atom. The van der Waals surface area contributed by atoms with Gasteiger partial charge < -0.3 is 15.0 Å². The molecule has 1 aliphatic carbocycles. The standard InChI is InChI=1S/C17H22N6O2/c24-17(22(15-2-3-15)9-14-5-6-25-10-14)20-8-13-1-4-16(19-7-13)23-12-18-11-21-23/h1,4,7,11-12,14-15H,2-3,5-6,8-10H2,(H,20,24). The van der Waals surface area contributed by atoms with E-state index in [-0.39, 0.29) is 6.03 Å². The zero-order valence-electron chi connectivity index (χ0n) is 14.0. The number of rotatable bonds is 6. The lowest BCUT2D eigenvalue weighted by Crippen LogP contribution is -2.43. The molecule has 2 aliphatic rings. The number of nitrogens with one attached hydrogen (secondary N) is 1. The minimum Gasteiger partial charge on any atom is -0.381 e. The maximum absolute atomic E-state index is 12.6. The second-order valence-corrected chi connectivity index (χ2v) is 6.64. The molecule has 25 heavy (non-hydrogen) atoms. The van der Waals surface area contributed by atoms with E-state index in [1.165, 1.54) is 6.33 Å². The molecule has 1 N–H and O–H groups in total. The van der Waals surface area contributed by atoms with E-state index in [2.05, 4.69) is 20.4 Å². The Morgan fingerprint density at radius 2 is 2.28 bits per heavy atom. The second-order valence-electron chi connectivity index (χ2n) is 6.64. The number of aromatic nitrogens is 4. The third kappa shape index (κ3) is 3.96. The first-order valence-electron chi connectivity index (χ1n) is 8.72. The van der Waals surface area contributed by atoms with Crippen molar-refractivity contribution in [3.05, 3.63) is 36.5 Å². The molecular formula is C17H22N6O2. The van der Waals surface area contributed by atoms with Crippen LogP contribution >= 0.6 is 0 Å². The summed E-state index contributed by atoms with van der Waals surface area (Å²) in [5, 5.41) is 7.07. The topological polar surface area (TPSA) is 85.2 Å². The molecule has 1 saturated carbocycles. The number of urea groups is 1. The first kappa shape index (κ1) is 16.0. The van der Waals surface area contributed by atoms with Gasteiger partial charge in [-0.2, -0.15) is 5.10 Å². The highest BCUT2D eigenvalue weighted by molar-refractivity contribution is 5.75. The van der Waals surface area contributed by atoms with Crippen molar-refractivity contribution in [1.29, 1.82) is 0 Å². The molecule has 1 atom stereocenters. The van der Waals surface area contributed by atoms with Crippen LogP contribution in [-0.2, 0) is 11.3 Å². The van der Waals surface area contributed by atoms with Gasteiger partial charge in [0.25, 0.3) is 0 Å². The van der Waals surface area contributed by atoms with Crippen molar-refractivity contribution in [2.75, 3.05) is 19.8 Å². The highest BCUT2D eigenvalue weighted by atomic mass is 16.5. The van der Waals surface area contributed by atoms with E-state index in [4.69, 9.17) is 4.74 Å². The van der Waals surface area contributed by atoms with Crippen LogP contribution in [0.1, 0.15) is 24.8 Å². The highest BCUT2D eigenvalue weighted by Gasteiger charge is 2.34. The first-order valence-corrected chi connectivity index (χ1v) is 8.72. The van der Waals surface area contributed by atoms with Crippen LogP contribution in [-0.4, -0.2) is 56.5 Å². The summed E-state index contributed by atoms with van der Waals surface area (Å²) >= 11 is 0. The van der Waals surface area contributed by atoms with Gasteiger partial charge in [0, 0.05) is 37.9 Å². The van der Waals surface area contributed by atoms with Gasteiger partial charge in [-0.25, -0.2) is 19.4 Å². The molecule has 1 aliphatic heterocycles. The molecule has 3 heterocycles. The van der Waals surface area contributed by atoms with Crippen LogP contribution in [0.15, 0.2) is 31.0 Å². The normalized spacial score (nSPS) is 19.8. The summed E-state index contributed by atoms with van der Waals surface area (Å²) in [4.78, 5) is 22.8. The van der Waals surface area contributed by atoms with Crippen LogP contribution in [0.25, 0.3) is 5.82 Å². The predicted molar refractivity (Wildman–Crippen MR) is 90.0 cm³/mol. The number of hydrogen-bond acceptors (Lipinski definition) is 5. The van der Waals surface area contributed by atoms with Gasteiger partial charge in [0.1, 0.15) is 12.7 Å². The minimum atomic E-state index is 0.00903. The summed E-state index contributed by atoms with van der Waals surface area (Å²) in [5.74, 6) is 1.17. The van der Waals surface area contributed by atoms with Crippen LogP contribution in [0.3, 0.4) is 0 Å². The third-order valence-electron chi connectivity index (χ3n) is 4.63. The fraction of sp³-hybridized carbons (Fsp3) is 0.529. The van der Waals surface area contributed by atoms with Crippen molar-refractivity contribution in [2.45, 2.75) is 31.8 Å². The number of carbonyl (C=O) groups is 1. The summed E-state index contributed by atoms with van der Waals surface area (Å²) in [5.41, 5.74) is 0.956. The van der Waals surface area contributed by atoms with Crippen molar-refractivity contribution in [3.63, 3.8) is 0 Å². The van der Waals surface area contributed by atoms with Gasteiger partial charge in [0.2, 0.25) is 0 Å². The zero-order chi connectivity index (χ0) is 17.1. The summed E-state index contributed by atoms with van der Waals surface area (Å²) in [6.45, 7) is 2.84. The molecule has 1 saturated heterocycles. The molecule has 0 aromatic carbocycles. The number of pyridine rings is 1. The van der Waals surface area contributed by atoms with Crippen LogP contribution in [0.4, 0.5) is 4.79 Å². The molecule has 8 heteroatoms. The van der Waals surface area contributed by atoms with Gasteiger partial charge in [-0.3, -0.25) is 0 Å². The van der Waals surface area contributed by atoms with E-state index in [0.29, 0.717) is 24.3 Å². The molecule has 0 bridgehead atoms. The lowest BCUT2D eigenvalue weighted by Gasteiger charge is -2.25. The van der Waals surface area contributed by atoms with E-state index >= 15 is 0 Å². The number of ether oxygens (including phenoxy) is 1. The SMILES string of the molecule is O=C(NCc1ccc(-n2cncn2)nc1)N(CC1CCOC1)C1CC1. The van der Waals surface area contributed by atoms with E-state index in [9.17, 15) is 4.79 Å². The van der Waals surface area contributed by atoms with Crippen LogP contribution in [0, 0.1) is 5.92 Å². The maximum atomic E-state index is 12.6. The summed E-state index contributed by atoms with van der Waals surface area (Å²) in [7, 11) is 0. The average molecular weight is 342 g/mol. The van der Waals surface area contributed by atoms with E-state index < -0.39 is 0 Å². The molecular weight excluding hydrogens is 320 g/mol. The van der Waals surface area contributed by atoms with Crippen molar-refractivity contribution in [3.8, 4) is 5.82 Å². The summed E-state index contributed by atoms with van der Waals surface area (Å²) < 4.78 is 7.03. The summed E-state index contributed by atoms with van der Waals surface area (Å²) in [6, 6.07) is 4.21.